The average molecular weight is 347 g/mol. The number of likely N-dealkylation sites (tertiary alicyclic amines) is 1. The molecule has 0 radical (unpaired) electrons. The first-order valence-electron chi connectivity index (χ1n) is 9.06. The van der Waals surface area contributed by atoms with Crippen molar-refractivity contribution in [2.45, 2.75) is 44.5 Å². The minimum atomic E-state index is -0.112. The molecular weight excluding hydrogens is 318 g/mol. The molecule has 6 heteroatoms. The van der Waals surface area contributed by atoms with Gasteiger partial charge in [0.25, 0.3) is 0 Å². The molecule has 0 aromatic carbocycles. The third kappa shape index (κ3) is 4.77. The highest BCUT2D eigenvalue weighted by Crippen LogP contribution is 2.37. The number of piperidine rings is 1. The molecule has 1 aromatic heterocycles. The fourth-order valence-electron chi connectivity index (χ4n) is 3.68. The zero-order chi connectivity index (χ0) is 17.9. The first kappa shape index (κ1) is 18.3. The van der Waals surface area contributed by atoms with Gasteiger partial charge in [0.05, 0.1) is 37.2 Å². The molecule has 1 spiro atoms. The van der Waals surface area contributed by atoms with Gasteiger partial charge in [-0.3, -0.25) is 9.78 Å². The van der Waals surface area contributed by atoms with Gasteiger partial charge in [-0.2, -0.15) is 0 Å². The van der Waals surface area contributed by atoms with Gasteiger partial charge in [0.2, 0.25) is 5.91 Å². The maximum atomic E-state index is 12.2. The van der Waals surface area contributed by atoms with E-state index in [9.17, 15) is 4.79 Å². The summed E-state index contributed by atoms with van der Waals surface area (Å²) in [6.07, 6.45) is 2.82. The van der Waals surface area contributed by atoms with Gasteiger partial charge in [-0.1, -0.05) is 6.07 Å². The number of amides is 1. The topological polar surface area (TPSA) is 54.9 Å². The Balaban J connectivity index is 1.46. The summed E-state index contributed by atoms with van der Waals surface area (Å²) >= 11 is 0. The van der Waals surface area contributed by atoms with Crippen LogP contribution in [0.1, 0.15) is 30.7 Å². The monoisotopic (exact) mass is 347 g/mol. The first-order chi connectivity index (χ1) is 12.0. The highest BCUT2D eigenvalue weighted by Gasteiger charge is 2.43. The number of carbonyl (C=O) groups excluding carboxylic acids is 1. The van der Waals surface area contributed by atoms with Crippen molar-refractivity contribution in [2.75, 3.05) is 40.3 Å². The summed E-state index contributed by atoms with van der Waals surface area (Å²) in [5, 5.41) is 0. The van der Waals surface area contributed by atoms with Crippen molar-refractivity contribution in [3.63, 3.8) is 0 Å². The van der Waals surface area contributed by atoms with Gasteiger partial charge in [0.1, 0.15) is 0 Å². The van der Waals surface area contributed by atoms with Crippen molar-refractivity contribution >= 4 is 5.91 Å². The Hall–Kier alpha value is -1.50. The molecule has 3 rings (SSSR count). The first-order valence-corrected chi connectivity index (χ1v) is 9.06. The van der Waals surface area contributed by atoms with E-state index < -0.39 is 0 Å². The van der Waals surface area contributed by atoms with Crippen molar-refractivity contribution in [2.24, 2.45) is 0 Å². The van der Waals surface area contributed by atoms with Crippen molar-refractivity contribution in [3.8, 4) is 0 Å². The van der Waals surface area contributed by atoms with E-state index in [1.807, 2.05) is 49.0 Å². The normalized spacial score (nSPS) is 22.7. The van der Waals surface area contributed by atoms with Gasteiger partial charge in [0.15, 0.2) is 0 Å². The maximum absolute atomic E-state index is 12.2. The van der Waals surface area contributed by atoms with Gasteiger partial charge in [-0.25, -0.2) is 0 Å². The quantitative estimate of drug-likeness (QED) is 0.810. The van der Waals surface area contributed by atoms with E-state index in [0.717, 1.165) is 43.7 Å². The molecule has 0 saturated carbocycles. The second kappa shape index (κ2) is 7.81. The highest BCUT2D eigenvalue weighted by atomic mass is 16.6. The Kier molecular flexibility index (Phi) is 5.71. The van der Waals surface area contributed by atoms with Crippen LogP contribution >= 0.6 is 0 Å². The minimum Gasteiger partial charge on any atom is -0.372 e. The maximum Gasteiger partial charge on any atom is 0.236 e. The number of carbonyl (C=O) groups is 1. The molecule has 1 atom stereocenters. The number of aryl methyl sites for hydroxylation is 1. The van der Waals surface area contributed by atoms with Gasteiger partial charge < -0.3 is 19.3 Å². The molecule has 0 N–H and O–H groups in total. The lowest BCUT2D eigenvalue weighted by atomic mass is 9.88. The molecule has 2 saturated heterocycles. The van der Waals surface area contributed by atoms with Crippen LogP contribution < -0.4 is 0 Å². The summed E-state index contributed by atoms with van der Waals surface area (Å²) in [6, 6.07) is 5.99. The minimum absolute atomic E-state index is 0.112. The summed E-state index contributed by atoms with van der Waals surface area (Å²) in [5.74, 6) is 0.205. The summed E-state index contributed by atoms with van der Waals surface area (Å²) in [6.45, 7) is 5.18. The highest BCUT2D eigenvalue weighted by molar-refractivity contribution is 5.78. The smallest absolute Gasteiger partial charge is 0.236 e. The van der Waals surface area contributed by atoms with Crippen molar-refractivity contribution in [1.82, 2.24) is 14.8 Å². The van der Waals surface area contributed by atoms with Crippen molar-refractivity contribution in [3.05, 3.63) is 29.6 Å². The molecule has 25 heavy (non-hydrogen) atoms. The third-order valence-electron chi connectivity index (χ3n) is 5.07. The zero-order valence-corrected chi connectivity index (χ0v) is 15.5. The zero-order valence-electron chi connectivity index (χ0n) is 15.5. The lowest BCUT2D eigenvalue weighted by Gasteiger charge is -2.39. The Bertz CT molecular complexity index is 597. The summed E-state index contributed by atoms with van der Waals surface area (Å²) in [5.41, 5.74) is 1.86. The molecule has 0 aliphatic carbocycles. The molecule has 0 bridgehead atoms. The summed E-state index contributed by atoms with van der Waals surface area (Å²) in [4.78, 5) is 20.5. The van der Waals surface area contributed by atoms with Crippen molar-refractivity contribution < 1.29 is 14.3 Å². The van der Waals surface area contributed by atoms with Crippen LogP contribution in [0.15, 0.2) is 18.2 Å². The van der Waals surface area contributed by atoms with Crippen LogP contribution in [0.2, 0.25) is 0 Å². The van der Waals surface area contributed by atoms with Crippen LogP contribution in [0.5, 0.6) is 0 Å². The van der Waals surface area contributed by atoms with E-state index in [0.29, 0.717) is 19.8 Å². The molecule has 2 aliphatic heterocycles. The predicted molar refractivity (Wildman–Crippen MR) is 95.2 cm³/mol. The van der Waals surface area contributed by atoms with E-state index in [1.165, 1.54) is 0 Å². The number of hydrogen-bond acceptors (Lipinski definition) is 5. The number of pyridine rings is 1. The standard InChI is InChI=1S/C19H29N3O3/c1-15-5-4-6-16(20-15)13-24-17-11-19(25-14-17)7-9-22(10-8-19)18(23)12-21(2)3/h4-6,17H,7-14H2,1-3H3. The molecule has 1 aromatic rings. The van der Waals surface area contributed by atoms with Crippen LogP contribution in [-0.2, 0) is 20.9 Å². The predicted octanol–water partition coefficient (Wildman–Crippen LogP) is 1.62. The fraction of sp³-hybridized carbons (Fsp3) is 0.684. The lowest BCUT2D eigenvalue weighted by Crippen LogP contribution is -2.48. The van der Waals surface area contributed by atoms with E-state index >= 15 is 0 Å². The Labute approximate surface area is 150 Å². The van der Waals surface area contributed by atoms with E-state index in [-0.39, 0.29) is 17.6 Å². The second-order valence-electron chi connectivity index (χ2n) is 7.52. The fourth-order valence-corrected chi connectivity index (χ4v) is 3.68. The van der Waals surface area contributed by atoms with Gasteiger partial charge in [-0.15, -0.1) is 0 Å². The van der Waals surface area contributed by atoms with Crippen LogP contribution in [-0.4, -0.2) is 72.7 Å². The molecule has 3 heterocycles. The number of likely N-dealkylation sites (N-methyl/N-ethyl adjacent to an activating group) is 1. The summed E-state index contributed by atoms with van der Waals surface area (Å²) < 4.78 is 12.1. The number of aromatic nitrogens is 1. The number of nitrogens with zero attached hydrogens (tertiary/aromatic N) is 3. The van der Waals surface area contributed by atoms with Crippen LogP contribution in [0.3, 0.4) is 0 Å². The lowest BCUT2D eigenvalue weighted by molar-refractivity contribution is -0.136. The van der Waals surface area contributed by atoms with E-state index in [1.54, 1.807) is 0 Å². The largest absolute Gasteiger partial charge is 0.372 e. The van der Waals surface area contributed by atoms with Crippen LogP contribution in [0.25, 0.3) is 0 Å². The van der Waals surface area contributed by atoms with Crippen LogP contribution in [0.4, 0.5) is 0 Å². The van der Waals surface area contributed by atoms with Gasteiger partial charge in [-0.05, 0) is 46.0 Å². The molecular formula is C19H29N3O3. The second-order valence-corrected chi connectivity index (χ2v) is 7.52. The Morgan fingerprint density at radius 1 is 1.40 bits per heavy atom. The van der Waals surface area contributed by atoms with Gasteiger partial charge >= 0.3 is 0 Å². The SMILES string of the molecule is Cc1cccc(COC2COC3(CCN(C(=O)CN(C)C)CC3)C2)n1. The number of hydrogen-bond donors (Lipinski definition) is 0. The molecule has 1 amide bonds. The Morgan fingerprint density at radius 3 is 2.84 bits per heavy atom. The average Bonchev–Trinajstić information content (AvgIpc) is 2.96. The van der Waals surface area contributed by atoms with E-state index in [4.69, 9.17) is 9.47 Å². The van der Waals surface area contributed by atoms with Crippen LogP contribution in [0, 0.1) is 6.92 Å². The summed E-state index contributed by atoms with van der Waals surface area (Å²) in [7, 11) is 3.85. The van der Waals surface area contributed by atoms with Gasteiger partial charge in [0, 0.05) is 25.2 Å². The Morgan fingerprint density at radius 2 is 2.16 bits per heavy atom. The number of rotatable bonds is 5. The molecule has 138 valence electrons. The molecule has 2 aliphatic rings. The van der Waals surface area contributed by atoms with E-state index in [2.05, 4.69) is 4.98 Å². The molecule has 2 fully saturated rings. The van der Waals surface area contributed by atoms with Crippen molar-refractivity contribution in [1.29, 1.82) is 0 Å². The molecule has 1 unspecified atom stereocenters. The third-order valence-corrected chi connectivity index (χ3v) is 5.07. The molecule has 6 nitrogen and oxygen atoms in total. The number of ether oxygens (including phenoxy) is 2.